The molecule has 3 N–H and O–H groups in total. The monoisotopic (exact) mass is 381 g/mol. The highest BCUT2D eigenvalue weighted by Gasteiger charge is 2.23. The Morgan fingerprint density at radius 1 is 1.15 bits per heavy atom. The van der Waals surface area contributed by atoms with E-state index in [1.54, 1.807) is 13.0 Å². The molecular weight excluding hydrogens is 361 g/mol. The molecule has 0 fully saturated rings. The lowest BCUT2D eigenvalue weighted by molar-refractivity contribution is -0.141. The van der Waals surface area contributed by atoms with Gasteiger partial charge in [-0.05, 0) is 30.2 Å². The van der Waals surface area contributed by atoms with Crippen LogP contribution in [0.25, 0.3) is 11.1 Å². The van der Waals surface area contributed by atoms with E-state index in [1.165, 1.54) is 12.1 Å². The average molecular weight is 381 g/mol. The van der Waals surface area contributed by atoms with Crippen LogP contribution in [-0.2, 0) is 18.8 Å². The normalized spacial score (nSPS) is 13.0. The smallest absolute Gasteiger partial charge is 0.379 e. The first kappa shape index (κ1) is 19.9. The minimum absolute atomic E-state index is 0.107. The third-order valence-electron chi connectivity index (χ3n) is 3.20. The van der Waals surface area contributed by atoms with Crippen LogP contribution in [0.2, 0.25) is 0 Å². The minimum atomic E-state index is -4.18. The maximum Gasteiger partial charge on any atom is 0.379 e. The largest absolute Gasteiger partial charge is 0.504 e. The molecule has 0 heterocycles. The Morgan fingerprint density at radius 2 is 1.88 bits per heavy atom. The zero-order valence-corrected chi connectivity index (χ0v) is 15.0. The highest BCUT2D eigenvalue weighted by atomic mass is 31.2. The second kappa shape index (κ2) is 9.35. The molecule has 0 aromatic heterocycles. The number of phenolic OH excluding ortho intramolecular Hbond substituents is 1. The van der Waals surface area contributed by atoms with Crippen LogP contribution in [0, 0.1) is 0 Å². The number of phenols is 1. The molecule has 26 heavy (non-hydrogen) atoms. The van der Waals surface area contributed by atoms with E-state index in [-0.39, 0.29) is 24.7 Å². The molecule has 0 aliphatic heterocycles. The molecule has 0 bridgehead atoms. The van der Waals surface area contributed by atoms with Crippen LogP contribution in [0.15, 0.2) is 48.5 Å². The third-order valence-corrected chi connectivity index (χ3v) is 4.13. The summed E-state index contributed by atoms with van der Waals surface area (Å²) in [6, 6.07) is 13.9. The summed E-state index contributed by atoms with van der Waals surface area (Å²) >= 11 is 0. The zero-order chi connectivity index (χ0) is 19.0. The SMILES string of the molecule is CCOC(=O)CNCP(=O)(O)OOc1ccc(-c2ccccc2)cc1O. The Balaban J connectivity index is 1.90. The molecule has 2 aromatic carbocycles. The van der Waals surface area contributed by atoms with Gasteiger partial charge < -0.3 is 19.6 Å². The van der Waals surface area contributed by atoms with Gasteiger partial charge in [-0.25, -0.2) is 0 Å². The number of nitrogens with one attached hydrogen (secondary N) is 1. The first-order chi connectivity index (χ1) is 12.4. The molecule has 8 nitrogen and oxygen atoms in total. The lowest BCUT2D eigenvalue weighted by Crippen LogP contribution is -2.26. The molecular formula is C17H20NO7P. The predicted molar refractivity (Wildman–Crippen MR) is 94.6 cm³/mol. The number of carbonyl (C=O) groups excluding carboxylic acids is 1. The van der Waals surface area contributed by atoms with E-state index in [0.717, 1.165) is 11.1 Å². The Labute approximate surface area is 150 Å². The van der Waals surface area contributed by atoms with Crippen molar-refractivity contribution in [3.05, 3.63) is 48.5 Å². The average Bonchev–Trinajstić information content (AvgIpc) is 2.61. The van der Waals surface area contributed by atoms with Gasteiger partial charge in [0.1, 0.15) is 6.29 Å². The van der Waals surface area contributed by atoms with Gasteiger partial charge in [0, 0.05) is 0 Å². The second-order valence-corrected chi connectivity index (χ2v) is 6.97. The summed E-state index contributed by atoms with van der Waals surface area (Å²) < 4.78 is 21.0. The van der Waals surface area contributed by atoms with Crippen LogP contribution < -0.4 is 10.2 Å². The maximum absolute atomic E-state index is 11.8. The summed E-state index contributed by atoms with van der Waals surface area (Å²) in [4.78, 5) is 25.6. The topological polar surface area (TPSA) is 114 Å². The van der Waals surface area contributed by atoms with E-state index in [9.17, 15) is 19.4 Å². The molecule has 1 unspecified atom stereocenters. The molecule has 0 spiro atoms. The van der Waals surface area contributed by atoms with Gasteiger partial charge in [0.25, 0.3) is 0 Å². The minimum Gasteiger partial charge on any atom is -0.504 e. The van der Waals surface area contributed by atoms with Gasteiger partial charge in [0.2, 0.25) is 5.75 Å². The van der Waals surface area contributed by atoms with Gasteiger partial charge in [-0.15, -0.1) is 0 Å². The molecule has 0 aliphatic rings. The fourth-order valence-corrected chi connectivity index (χ4v) is 2.68. The van der Waals surface area contributed by atoms with E-state index in [4.69, 9.17) is 4.89 Å². The molecule has 0 amide bonds. The first-order valence-corrected chi connectivity index (χ1v) is 9.60. The van der Waals surface area contributed by atoms with Crippen molar-refractivity contribution in [3.63, 3.8) is 0 Å². The summed E-state index contributed by atoms with van der Waals surface area (Å²) in [5.41, 5.74) is 1.64. The van der Waals surface area contributed by atoms with Crippen LogP contribution in [0.1, 0.15) is 6.92 Å². The number of hydrogen-bond acceptors (Lipinski definition) is 7. The lowest BCUT2D eigenvalue weighted by atomic mass is 10.1. The fourth-order valence-electron chi connectivity index (χ4n) is 2.03. The van der Waals surface area contributed by atoms with Crippen molar-refractivity contribution in [3.8, 4) is 22.6 Å². The van der Waals surface area contributed by atoms with Crippen molar-refractivity contribution in [2.75, 3.05) is 19.4 Å². The molecule has 140 valence electrons. The van der Waals surface area contributed by atoms with Gasteiger partial charge in [-0.1, -0.05) is 41.1 Å². The van der Waals surface area contributed by atoms with Gasteiger partial charge in [-0.2, -0.15) is 0 Å². The number of benzene rings is 2. The van der Waals surface area contributed by atoms with Crippen LogP contribution in [0.3, 0.4) is 0 Å². The Hall–Kier alpha value is -2.38. The number of ether oxygens (including phenoxy) is 1. The van der Waals surface area contributed by atoms with Gasteiger partial charge >= 0.3 is 13.6 Å². The van der Waals surface area contributed by atoms with E-state index >= 15 is 0 Å². The summed E-state index contributed by atoms with van der Waals surface area (Å²) in [5.74, 6) is -0.905. The molecule has 9 heteroatoms. The molecule has 0 radical (unpaired) electrons. The molecule has 0 aliphatic carbocycles. The van der Waals surface area contributed by atoms with Crippen molar-refractivity contribution >= 4 is 13.6 Å². The van der Waals surface area contributed by atoms with Crippen LogP contribution >= 0.6 is 7.60 Å². The Morgan fingerprint density at radius 3 is 2.54 bits per heavy atom. The molecule has 1 atom stereocenters. The maximum atomic E-state index is 11.8. The molecule has 2 aromatic rings. The van der Waals surface area contributed by atoms with Crippen LogP contribution in [0.4, 0.5) is 0 Å². The Kier molecular flexibility index (Phi) is 7.17. The van der Waals surface area contributed by atoms with Crippen molar-refractivity contribution in [2.45, 2.75) is 6.92 Å². The first-order valence-electron chi connectivity index (χ1n) is 7.84. The number of aromatic hydroxyl groups is 1. The molecule has 0 saturated carbocycles. The van der Waals surface area contributed by atoms with E-state index in [2.05, 4.69) is 14.7 Å². The summed E-state index contributed by atoms with van der Waals surface area (Å²) in [5, 5.41) is 12.4. The zero-order valence-electron chi connectivity index (χ0n) is 14.1. The molecule has 2 rings (SSSR count). The molecule has 0 saturated heterocycles. The van der Waals surface area contributed by atoms with Crippen molar-refractivity contribution in [2.24, 2.45) is 0 Å². The number of esters is 1. The Bertz CT molecular complexity index is 782. The summed E-state index contributed by atoms with van der Waals surface area (Å²) in [6.45, 7) is 1.63. The standard InChI is InChI=1S/C17H20NO7P/c1-2-23-17(20)11-18-12-26(21,22)25-24-16-9-8-14(10-15(16)19)13-6-4-3-5-7-13/h3-10,18-19H,2,11-12H2,1H3,(H,21,22). The van der Waals surface area contributed by atoms with E-state index in [0.29, 0.717) is 0 Å². The number of carbonyl (C=O) groups is 1. The third kappa shape index (κ3) is 6.16. The number of hydrogen-bond donors (Lipinski definition) is 3. The van der Waals surface area contributed by atoms with Crippen LogP contribution in [-0.4, -0.2) is 35.4 Å². The van der Waals surface area contributed by atoms with Gasteiger partial charge in [-0.3, -0.25) is 14.7 Å². The van der Waals surface area contributed by atoms with E-state index in [1.807, 2.05) is 30.3 Å². The van der Waals surface area contributed by atoms with Gasteiger partial charge in [0.05, 0.1) is 13.2 Å². The lowest BCUT2D eigenvalue weighted by Gasteiger charge is -2.13. The quantitative estimate of drug-likeness (QED) is 0.263. The second-order valence-electron chi connectivity index (χ2n) is 5.23. The summed E-state index contributed by atoms with van der Waals surface area (Å²) in [6.07, 6.45) is -0.519. The summed E-state index contributed by atoms with van der Waals surface area (Å²) in [7, 11) is -4.18. The highest BCUT2D eigenvalue weighted by Crippen LogP contribution is 2.42. The van der Waals surface area contributed by atoms with Gasteiger partial charge in [0.15, 0.2) is 5.75 Å². The predicted octanol–water partition coefficient (Wildman–Crippen LogP) is 2.67. The number of rotatable bonds is 9. The van der Waals surface area contributed by atoms with Crippen molar-refractivity contribution < 1.29 is 33.7 Å². The highest BCUT2D eigenvalue weighted by molar-refractivity contribution is 7.52. The van der Waals surface area contributed by atoms with Crippen molar-refractivity contribution in [1.82, 2.24) is 5.32 Å². The van der Waals surface area contributed by atoms with E-state index < -0.39 is 19.9 Å². The van der Waals surface area contributed by atoms with Crippen LogP contribution in [0.5, 0.6) is 11.5 Å². The van der Waals surface area contributed by atoms with Crippen molar-refractivity contribution in [1.29, 1.82) is 0 Å². The fraction of sp³-hybridized carbons (Fsp3) is 0.235.